The van der Waals surface area contributed by atoms with E-state index in [1.807, 2.05) is 0 Å². The van der Waals surface area contributed by atoms with Crippen molar-refractivity contribution in [3.05, 3.63) is 24.2 Å². The molecule has 9 atom stereocenters. The van der Waals surface area contributed by atoms with Crippen molar-refractivity contribution in [3.63, 3.8) is 0 Å². The van der Waals surface area contributed by atoms with E-state index in [0.717, 1.165) is 27.0 Å². The fourth-order valence-electron chi connectivity index (χ4n) is 7.83. The van der Waals surface area contributed by atoms with Crippen LogP contribution in [0.15, 0.2) is 23.0 Å². The Morgan fingerprint density at radius 1 is 0.816 bits per heavy atom. The van der Waals surface area contributed by atoms with Gasteiger partial charge in [-0.25, -0.2) is 4.79 Å². The zero-order chi connectivity index (χ0) is 36.9. The van der Waals surface area contributed by atoms with Crippen molar-refractivity contribution in [2.45, 2.75) is 123 Å². The second-order valence-electron chi connectivity index (χ2n) is 14.3. The maximum atomic E-state index is 13.9. The van der Waals surface area contributed by atoms with Gasteiger partial charge in [-0.15, -0.1) is 0 Å². The summed E-state index contributed by atoms with van der Waals surface area (Å²) in [5, 5.41) is 12.7. The molecular weight excluding hydrogens is 648 g/mol. The van der Waals surface area contributed by atoms with E-state index in [2.05, 4.69) is 0 Å². The number of carbonyl (C=O) groups is 6. The van der Waals surface area contributed by atoms with E-state index in [1.54, 1.807) is 41.5 Å². The molecule has 2 saturated carbocycles. The zero-order valence-electron chi connectivity index (χ0n) is 29.4. The molecule has 0 unspecified atom stereocenters. The van der Waals surface area contributed by atoms with Crippen LogP contribution in [0.5, 0.6) is 0 Å². The van der Waals surface area contributed by atoms with Crippen molar-refractivity contribution in [2.75, 3.05) is 6.61 Å². The third kappa shape index (κ3) is 6.42. The predicted molar refractivity (Wildman–Crippen MR) is 164 cm³/mol. The van der Waals surface area contributed by atoms with E-state index < -0.39 is 119 Å². The molecule has 1 aromatic rings. The Morgan fingerprint density at radius 2 is 1.39 bits per heavy atom. The van der Waals surface area contributed by atoms with Crippen LogP contribution in [0.1, 0.15) is 86.0 Å². The van der Waals surface area contributed by atoms with Gasteiger partial charge in [0, 0.05) is 27.2 Å². The molecule has 272 valence electrons. The molecule has 1 spiro atoms. The molecule has 1 saturated heterocycles. The van der Waals surface area contributed by atoms with Gasteiger partial charge in [-0.05, 0) is 26.8 Å². The molecule has 1 aliphatic heterocycles. The van der Waals surface area contributed by atoms with E-state index in [4.69, 9.17) is 37.6 Å². The molecular formula is C34H46O15. The number of carbonyl (C=O) groups excluding carboxylic acids is 6. The monoisotopic (exact) mass is 694 g/mol. The fourth-order valence-corrected chi connectivity index (χ4v) is 7.83. The standard InChI is InChI=1S/C34H46O15/c1-16(2)28(38)43-15-33-25(45-19(6)36)22(44-18(5)35)13-32(10,41)34(33)26(46-20(7)37)23(31(8,9)49-34)24(47-29(39)17(3)4)27(33)48-30(40)21-11-12-42-14-21/h11-12,14,16-17,22-27,41H,13,15H2,1-10H3/t22-,23+,24+,25-,26+,27-,32-,33-,34-/m1/s1. The number of furan rings is 1. The van der Waals surface area contributed by atoms with Gasteiger partial charge in [0.15, 0.2) is 17.8 Å². The number of hydrogen-bond donors (Lipinski definition) is 1. The zero-order valence-corrected chi connectivity index (χ0v) is 29.4. The maximum Gasteiger partial charge on any atom is 0.341 e. The van der Waals surface area contributed by atoms with Gasteiger partial charge in [-0.1, -0.05) is 27.7 Å². The Balaban J connectivity index is 2.20. The van der Waals surface area contributed by atoms with Gasteiger partial charge in [0.25, 0.3) is 0 Å². The molecule has 0 radical (unpaired) electrons. The van der Waals surface area contributed by atoms with Gasteiger partial charge in [0.05, 0.1) is 40.8 Å². The molecule has 3 aliphatic rings. The summed E-state index contributed by atoms with van der Waals surface area (Å²) < 4.78 is 47.9. The smallest absolute Gasteiger partial charge is 0.341 e. The fraction of sp³-hybridized carbons (Fsp3) is 0.706. The van der Waals surface area contributed by atoms with E-state index >= 15 is 0 Å². The number of rotatable bonds is 10. The highest BCUT2D eigenvalue weighted by Crippen LogP contribution is 2.69. The van der Waals surface area contributed by atoms with Gasteiger partial charge in [-0.3, -0.25) is 24.0 Å². The minimum absolute atomic E-state index is 0.0601. The van der Waals surface area contributed by atoms with Crippen molar-refractivity contribution in [2.24, 2.45) is 23.2 Å². The van der Waals surface area contributed by atoms with Crippen LogP contribution in [0.3, 0.4) is 0 Å². The molecule has 0 amide bonds. The van der Waals surface area contributed by atoms with E-state index in [0.29, 0.717) is 0 Å². The molecule has 2 bridgehead atoms. The summed E-state index contributed by atoms with van der Waals surface area (Å²) in [4.78, 5) is 79.0. The highest BCUT2D eigenvalue weighted by molar-refractivity contribution is 5.89. The Bertz CT molecular complexity index is 1460. The van der Waals surface area contributed by atoms with Crippen LogP contribution in [-0.2, 0) is 57.1 Å². The Hall–Kier alpha value is -3.98. The largest absolute Gasteiger partial charge is 0.472 e. The molecule has 0 aromatic carbocycles. The Kier molecular flexibility index (Phi) is 10.3. The summed E-state index contributed by atoms with van der Waals surface area (Å²) in [6.45, 7) is 13.3. The molecule has 15 heteroatoms. The van der Waals surface area contributed by atoms with Gasteiger partial charge in [-0.2, -0.15) is 0 Å². The third-order valence-corrected chi connectivity index (χ3v) is 9.59. The van der Waals surface area contributed by atoms with Crippen LogP contribution in [-0.4, -0.2) is 94.9 Å². The summed E-state index contributed by atoms with van der Waals surface area (Å²) in [6, 6.07) is 1.32. The molecule has 2 heterocycles. The lowest BCUT2D eigenvalue weighted by molar-refractivity contribution is -0.363. The summed E-state index contributed by atoms with van der Waals surface area (Å²) in [5.74, 6) is -7.56. The molecule has 49 heavy (non-hydrogen) atoms. The minimum atomic E-state index is -2.29. The SMILES string of the molecule is CC(=O)O[C@@H]1[C@H](OC(C)=O)C[C@@](C)(O)[C@@]23OC(C)(C)[C@@H]([C@H](OC(=O)C(C)C)[C@@H](OC(=O)c4ccoc4)[C@@]12COC(=O)C(C)C)[C@@H]3OC(C)=O. The van der Waals surface area contributed by atoms with Crippen molar-refractivity contribution >= 4 is 35.8 Å². The van der Waals surface area contributed by atoms with Crippen molar-refractivity contribution < 1.29 is 71.4 Å². The van der Waals surface area contributed by atoms with Crippen LogP contribution >= 0.6 is 0 Å². The number of aliphatic hydroxyl groups is 1. The predicted octanol–water partition coefficient (Wildman–Crippen LogP) is 2.69. The topological polar surface area (TPSA) is 200 Å². The lowest BCUT2D eigenvalue weighted by Crippen LogP contribution is -2.85. The number of fused-ring (bicyclic) bond motifs is 1. The average molecular weight is 695 g/mol. The Morgan fingerprint density at radius 3 is 1.90 bits per heavy atom. The van der Waals surface area contributed by atoms with Crippen LogP contribution < -0.4 is 0 Å². The first-order valence-electron chi connectivity index (χ1n) is 16.2. The molecule has 4 rings (SSSR count). The number of esters is 6. The second kappa shape index (κ2) is 13.4. The first kappa shape index (κ1) is 37.8. The number of hydrogen-bond acceptors (Lipinski definition) is 15. The van der Waals surface area contributed by atoms with Crippen molar-refractivity contribution in [3.8, 4) is 0 Å². The van der Waals surface area contributed by atoms with Crippen LogP contribution in [0.4, 0.5) is 0 Å². The quantitative estimate of drug-likeness (QED) is 0.277. The van der Waals surface area contributed by atoms with Crippen molar-refractivity contribution in [1.82, 2.24) is 0 Å². The molecule has 2 aliphatic carbocycles. The normalized spacial score (nSPS) is 34.4. The molecule has 1 N–H and O–H groups in total. The van der Waals surface area contributed by atoms with Crippen LogP contribution in [0.2, 0.25) is 0 Å². The van der Waals surface area contributed by atoms with Gasteiger partial charge < -0.3 is 42.7 Å². The molecule has 1 aromatic heterocycles. The van der Waals surface area contributed by atoms with Gasteiger partial charge in [0.1, 0.15) is 36.6 Å². The van der Waals surface area contributed by atoms with E-state index in [1.165, 1.54) is 19.3 Å². The first-order valence-corrected chi connectivity index (χ1v) is 16.2. The van der Waals surface area contributed by atoms with Crippen LogP contribution in [0.25, 0.3) is 0 Å². The average Bonchev–Trinajstić information content (AvgIpc) is 3.56. The number of ether oxygens (including phenoxy) is 7. The highest BCUT2D eigenvalue weighted by Gasteiger charge is 2.89. The summed E-state index contributed by atoms with van der Waals surface area (Å²) >= 11 is 0. The molecule has 3 fully saturated rings. The summed E-state index contributed by atoms with van der Waals surface area (Å²) in [6.07, 6.45) is -6.12. The van der Waals surface area contributed by atoms with Crippen LogP contribution in [0, 0.1) is 23.2 Å². The summed E-state index contributed by atoms with van der Waals surface area (Å²) in [5.41, 5.74) is -8.21. The van der Waals surface area contributed by atoms with Gasteiger partial charge in [0.2, 0.25) is 0 Å². The lowest BCUT2D eigenvalue weighted by atomic mass is 9.45. The second-order valence-corrected chi connectivity index (χ2v) is 14.3. The summed E-state index contributed by atoms with van der Waals surface area (Å²) in [7, 11) is 0. The highest BCUT2D eigenvalue weighted by atomic mass is 16.7. The maximum absolute atomic E-state index is 13.9. The lowest BCUT2D eigenvalue weighted by Gasteiger charge is -2.66. The van der Waals surface area contributed by atoms with Gasteiger partial charge >= 0.3 is 35.8 Å². The third-order valence-electron chi connectivity index (χ3n) is 9.59. The molecule has 15 nitrogen and oxygen atoms in total. The Labute approximate surface area is 284 Å². The van der Waals surface area contributed by atoms with Crippen molar-refractivity contribution in [1.29, 1.82) is 0 Å². The van der Waals surface area contributed by atoms with E-state index in [-0.39, 0.29) is 5.56 Å². The van der Waals surface area contributed by atoms with E-state index in [9.17, 15) is 33.9 Å². The first-order chi connectivity index (χ1) is 22.6. The minimum Gasteiger partial charge on any atom is -0.472 e.